The minimum absolute atomic E-state index is 0.0535. The quantitative estimate of drug-likeness (QED) is 0.915. The van der Waals surface area contributed by atoms with Crippen LogP contribution in [0.5, 0.6) is 0 Å². The van der Waals surface area contributed by atoms with E-state index in [2.05, 4.69) is 5.32 Å². The zero-order chi connectivity index (χ0) is 17.3. The fourth-order valence-corrected chi connectivity index (χ4v) is 4.48. The molecule has 4 rings (SSSR count). The number of rotatable bonds is 4. The van der Waals surface area contributed by atoms with Gasteiger partial charge in [-0.25, -0.2) is 4.79 Å². The zero-order valence-corrected chi connectivity index (χ0v) is 14.7. The van der Waals surface area contributed by atoms with E-state index >= 15 is 0 Å². The van der Waals surface area contributed by atoms with Crippen molar-refractivity contribution in [3.63, 3.8) is 0 Å². The van der Waals surface area contributed by atoms with Crippen molar-refractivity contribution in [1.82, 2.24) is 15.1 Å². The number of urea groups is 1. The van der Waals surface area contributed by atoms with Gasteiger partial charge >= 0.3 is 6.03 Å². The highest BCUT2D eigenvalue weighted by Gasteiger charge is 2.44. The molecule has 5 heteroatoms. The average Bonchev–Trinajstić information content (AvgIpc) is 3.18. The van der Waals surface area contributed by atoms with Crippen molar-refractivity contribution in [2.75, 3.05) is 26.2 Å². The van der Waals surface area contributed by atoms with Crippen LogP contribution < -0.4 is 5.32 Å². The molecule has 25 heavy (non-hydrogen) atoms. The van der Waals surface area contributed by atoms with E-state index in [1.807, 2.05) is 40.1 Å². The van der Waals surface area contributed by atoms with E-state index in [-0.39, 0.29) is 17.9 Å². The molecule has 1 saturated carbocycles. The van der Waals surface area contributed by atoms with Crippen LogP contribution in [-0.4, -0.2) is 47.9 Å². The fraction of sp³-hybridized carbons (Fsp3) is 0.600. The molecule has 134 valence electrons. The molecule has 1 spiro atoms. The summed E-state index contributed by atoms with van der Waals surface area (Å²) in [6, 6.07) is 10.1. The van der Waals surface area contributed by atoms with Crippen LogP contribution in [0.15, 0.2) is 30.3 Å². The highest BCUT2D eigenvalue weighted by molar-refractivity contribution is 5.79. The molecular formula is C20H27N3O2. The molecular weight excluding hydrogens is 314 g/mol. The summed E-state index contributed by atoms with van der Waals surface area (Å²) in [6.45, 7) is 3.80. The van der Waals surface area contributed by atoms with Crippen molar-refractivity contribution in [1.29, 1.82) is 0 Å². The third-order valence-corrected chi connectivity index (χ3v) is 6.19. The average molecular weight is 341 g/mol. The third-order valence-electron chi connectivity index (χ3n) is 6.19. The molecule has 3 aliphatic rings. The SMILES string of the molecule is O=C1CC(CNC(=O)N2CCC3(CCC3)C2)CN1Cc1ccccc1. The van der Waals surface area contributed by atoms with Gasteiger partial charge in [-0.05, 0) is 30.2 Å². The summed E-state index contributed by atoms with van der Waals surface area (Å²) >= 11 is 0. The van der Waals surface area contributed by atoms with Gasteiger partial charge in [0.2, 0.25) is 5.91 Å². The van der Waals surface area contributed by atoms with Crippen LogP contribution in [0, 0.1) is 11.3 Å². The summed E-state index contributed by atoms with van der Waals surface area (Å²) in [5, 5.41) is 3.07. The minimum atomic E-state index is 0.0535. The topological polar surface area (TPSA) is 52.7 Å². The lowest BCUT2D eigenvalue weighted by Crippen LogP contribution is -2.43. The van der Waals surface area contributed by atoms with E-state index in [1.54, 1.807) is 0 Å². The van der Waals surface area contributed by atoms with Crippen molar-refractivity contribution >= 4 is 11.9 Å². The molecule has 2 heterocycles. The second-order valence-corrected chi connectivity index (χ2v) is 8.04. The maximum Gasteiger partial charge on any atom is 0.317 e. The van der Waals surface area contributed by atoms with Crippen LogP contribution in [0.1, 0.15) is 37.7 Å². The Labute approximate surface area is 149 Å². The van der Waals surface area contributed by atoms with Gasteiger partial charge in [0.1, 0.15) is 0 Å². The molecule has 0 radical (unpaired) electrons. The number of hydrogen-bond acceptors (Lipinski definition) is 2. The molecule has 1 aromatic rings. The number of carbonyl (C=O) groups is 2. The Hall–Kier alpha value is -2.04. The van der Waals surface area contributed by atoms with Gasteiger partial charge in [0.05, 0.1) is 0 Å². The van der Waals surface area contributed by atoms with Crippen LogP contribution in [0.25, 0.3) is 0 Å². The summed E-state index contributed by atoms with van der Waals surface area (Å²) in [7, 11) is 0. The van der Waals surface area contributed by atoms with Gasteiger partial charge in [0.25, 0.3) is 0 Å². The first-order chi connectivity index (χ1) is 12.1. The molecule has 0 aromatic heterocycles. The molecule has 1 aromatic carbocycles. The summed E-state index contributed by atoms with van der Waals surface area (Å²) in [6.07, 6.45) is 5.58. The predicted molar refractivity (Wildman–Crippen MR) is 95.8 cm³/mol. The number of nitrogens with zero attached hydrogens (tertiary/aromatic N) is 2. The van der Waals surface area contributed by atoms with Gasteiger partial charge in [-0.2, -0.15) is 0 Å². The lowest BCUT2D eigenvalue weighted by molar-refractivity contribution is -0.128. The number of likely N-dealkylation sites (tertiary alicyclic amines) is 2. The number of carbonyl (C=O) groups excluding carboxylic acids is 2. The highest BCUT2D eigenvalue weighted by Crippen LogP contribution is 2.47. The van der Waals surface area contributed by atoms with Crippen molar-refractivity contribution < 1.29 is 9.59 Å². The van der Waals surface area contributed by atoms with Crippen LogP contribution in [-0.2, 0) is 11.3 Å². The molecule has 3 fully saturated rings. The number of amides is 3. The smallest absolute Gasteiger partial charge is 0.317 e. The van der Waals surface area contributed by atoms with E-state index in [0.29, 0.717) is 24.9 Å². The second kappa shape index (κ2) is 6.70. The molecule has 1 unspecified atom stereocenters. The molecule has 5 nitrogen and oxygen atoms in total. The number of nitrogens with one attached hydrogen (secondary N) is 1. The van der Waals surface area contributed by atoms with Gasteiger partial charge in [0.15, 0.2) is 0 Å². The molecule has 3 amide bonds. The van der Waals surface area contributed by atoms with E-state index < -0.39 is 0 Å². The molecule has 0 bridgehead atoms. The van der Waals surface area contributed by atoms with Crippen LogP contribution in [0.4, 0.5) is 4.79 Å². The van der Waals surface area contributed by atoms with Crippen molar-refractivity contribution in [2.45, 2.75) is 38.6 Å². The summed E-state index contributed by atoms with van der Waals surface area (Å²) < 4.78 is 0. The Morgan fingerprint density at radius 2 is 2.00 bits per heavy atom. The van der Waals surface area contributed by atoms with Crippen molar-refractivity contribution in [3.05, 3.63) is 35.9 Å². The lowest BCUT2D eigenvalue weighted by Gasteiger charge is -2.37. The molecule has 2 aliphatic heterocycles. The largest absolute Gasteiger partial charge is 0.338 e. The predicted octanol–water partition coefficient (Wildman–Crippen LogP) is 2.62. The summed E-state index contributed by atoms with van der Waals surface area (Å²) in [4.78, 5) is 28.5. The third kappa shape index (κ3) is 3.51. The minimum Gasteiger partial charge on any atom is -0.338 e. The van der Waals surface area contributed by atoms with E-state index in [4.69, 9.17) is 0 Å². The van der Waals surface area contributed by atoms with Gasteiger partial charge in [-0.3, -0.25) is 4.79 Å². The Bertz CT molecular complexity index is 642. The first kappa shape index (κ1) is 16.4. The normalized spacial score (nSPS) is 24.6. The Kier molecular flexibility index (Phi) is 4.40. The van der Waals surface area contributed by atoms with Gasteiger partial charge < -0.3 is 15.1 Å². The maximum atomic E-state index is 12.4. The van der Waals surface area contributed by atoms with Crippen molar-refractivity contribution in [2.24, 2.45) is 11.3 Å². The Morgan fingerprint density at radius 3 is 2.68 bits per heavy atom. The molecule has 2 saturated heterocycles. The molecule has 1 N–H and O–H groups in total. The van der Waals surface area contributed by atoms with Crippen LogP contribution in [0.3, 0.4) is 0 Å². The fourth-order valence-electron chi connectivity index (χ4n) is 4.48. The standard InChI is InChI=1S/C20H27N3O2/c24-18-11-17(14-23(18)13-16-5-2-1-3-6-16)12-21-19(25)22-10-9-20(15-22)7-4-8-20/h1-3,5-6,17H,4,7-15H2,(H,21,25). The summed E-state index contributed by atoms with van der Waals surface area (Å²) in [5.41, 5.74) is 1.59. The van der Waals surface area contributed by atoms with Crippen molar-refractivity contribution in [3.8, 4) is 0 Å². The Morgan fingerprint density at radius 1 is 1.20 bits per heavy atom. The van der Waals surface area contributed by atoms with Crippen LogP contribution in [0.2, 0.25) is 0 Å². The monoisotopic (exact) mass is 341 g/mol. The first-order valence-electron chi connectivity index (χ1n) is 9.48. The lowest BCUT2D eigenvalue weighted by atomic mass is 9.68. The highest BCUT2D eigenvalue weighted by atomic mass is 16.2. The van der Waals surface area contributed by atoms with Crippen LogP contribution >= 0.6 is 0 Å². The number of hydrogen-bond donors (Lipinski definition) is 1. The molecule has 1 atom stereocenters. The maximum absolute atomic E-state index is 12.4. The summed E-state index contributed by atoms with van der Waals surface area (Å²) in [5.74, 6) is 0.415. The molecule has 1 aliphatic carbocycles. The van der Waals surface area contributed by atoms with E-state index in [1.165, 1.54) is 19.3 Å². The first-order valence-corrected chi connectivity index (χ1v) is 9.48. The van der Waals surface area contributed by atoms with E-state index in [0.717, 1.165) is 31.6 Å². The van der Waals surface area contributed by atoms with E-state index in [9.17, 15) is 9.59 Å². The second-order valence-electron chi connectivity index (χ2n) is 8.04. The van der Waals surface area contributed by atoms with Gasteiger partial charge in [-0.15, -0.1) is 0 Å². The van der Waals surface area contributed by atoms with Gasteiger partial charge in [0, 0.05) is 45.1 Å². The number of benzene rings is 1. The Balaban J connectivity index is 1.23. The van der Waals surface area contributed by atoms with Gasteiger partial charge in [-0.1, -0.05) is 36.8 Å². The zero-order valence-electron chi connectivity index (χ0n) is 14.7.